The van der Waals surface area contributed by atoms with Gasteiger partial charge in [-0.05, 0) is 44.2 Å². The van der Waals surface area contributed by atoms with Gasteiger partial charge in [0.2, 0.25) is 0 Å². The van der Waals surface area contributed by atoms with Gasteiger partial charge in [0.05, 0.1) is 5.69 Å². The van der Waals surface area contributed by atoms with E-state index < -0.39 is 0 Å². The van der Waals surface area contributed by atoms with Gasteiger partial charge in [0, 0.05) is 28.9 Å². The standard InChI is InChI=1S/C17H20N2OS/c20-14-5-1-3-11(9-14)17-19-16-12(10-18-13-7-8-13)4-2-6-15(16)21-17/h1,3,5,9,12-13,18,20H,2,4,6-8,10H2. The Labute approximate surface area is 129 Å². The van der Waals surface area contributed by atoms with Gasteiger partial charge >= 0.3 is 0 Å². The Bertz CT molecular complexity index is 648. The Balaban J connectivity index is 1.60. The maximum atomic E-state index is 9.65. The monoisotopic (exact) mass is 300 g/mol. The van der Waals surface area contributed by atoms with Gasteiger partial charge in [-0.25, -0.2) is 4.98 Å². The Morgan fingerprint density at radius 3 is 3.00 bits per heavy atom. The van der Waals surface area contributed by atoms with E-state index in [2.05, 4.69) is 5.32 Å². The molecule has 0 aliphatic heterocycles. The summed E-state index contributed by atoms with van der Waals surface area (Å²) in [5.41, 5.74) is 2.33. The molecule has 1 aromatic heterocycles. The highest BCUT2D eigenvalue weighted by Gasteiger charge is 2.27. The lowest BCUT2D eigenvalue weighted by Gasteiger charge is -2.21. The van der Waals surface area contributed by atoms with E-state index in [1.165, 1.54) is 36.3 Å². The van der Waals surface area contributed by atoms with Crippen LogP contribution in [0.3, 0.4) is 0 Å². The molecule has 2 aromatic rings. The minimum atomic E-state index is 0.313. The lowest BCUT2D eigenvalue weighted by Crippen LogP contribution is -2.25. The fourth-order valence-electron chi connectivity index (χ4n) is 3.06. The van der Waals surface area contributed by atoms with Crippen LogP contribution in [0.1, 0.15) is 42.2 Å². The van der Waals surface area contributed by atoms with Crippen LogP contribution in [0.4, 0.5) is 0 Å². The number of nitrogens with one attached hydrogen (secondary N) is 1. The number of hydrogen-bond donors (Lipinski definition) is 2. The van der Waals surface area contributed by atoms with Crippen molar-refractivity contribution in [1.82, 2.24) is 10.3 Å². The van der Waals surface area contributed by atoms with Crippen molar-refractivity contribution >= 4 is 11.3 Å². The molecule has 1 unspecified atom stereocenters. The highest BCUT2D eigenvalue weighted by Crippen LogP contribution is 2.38. The molecule has 0 saturated heterocycles. The molecule has 1 aromatic carbocycles. The van der Waals surface area contributed by atoms with Gasteiger partial charge in [-0.1, -0.05) is 12.1 Å². The predicted octanol–water partition coefficient (Wildman–Crippen LogP) is 3.69. The quantitative estimate of drug-likeness (QED) is 0.905. The predicted molar refractivity (Wildman–Crippen MR) is 85.9 cm³/mol. The van der Waals surface area contributed by atoms with Crippen LogP contribution in [0.25, 0.3) is 10.6 Å². The van der Waals surface area contributed by atoms with E-state index >= 15 is 0 Å². The molecule has 2 aliphatic rings. The molecular weight excluding hydrogens is 280 g/mol. The number of aromatic nitrogens is 1. The molecule has 4 heteroatoms. The van der Waals surface area contributed by atoms with Gasteiger partial charge in [0.15, 0.2) is 0 Å². The average Bonchev–Trinajstić information content (AvgIpc) is 3.21. The lowest BCUT2D eigenvalue weighted by atomic mass is 9.91. The van der Waals surface area contributed by atoms with Crippen molar-refractivity contribution in [2.45, 2.75) is 44.1 Å². The topological polar surface area (TPSA) is 45.2 Å². The Morgan fingerprint density at radius 1 is 1.29 bits per heavy atom. The summed E-state index contributed by atoms with van der Waals surface area (Å²) in [4.78, 5) is 6.36. The summed E-state index contributed by atoms with van der Waals surface area (Å²) in [5, 5.41) is 14.3. The second-order valence-electron chi connectivity index (χ2n) is 6.15. The van der Waals surface area contributed by atoms with Gasteiger partial charge < -0.3 is 10.4 Å². The van der Waals surface area contributed by atoms with E-state index in [9.17, 15) is 5.11 Å². The fraction of sp³-hybridized carbons (Fsp3) is 0.471. The van der Waals surface area contributed by atoms with E-state index in [4.69, 9.17) is 4.98 Å². The van der Waals surface area contributed by atoms with Crippen LogP contribution in [0, 0.1) is 0 Å². The molecule has 0 amide bonds. The number of thiazole rings is 1. The largest absolute Gasteiger partial charge is 0.508 e. The molecule has 0 radical (unpaired) electrons. The van der Waals surface area contributed by atoms with E-state index in [-0.39, 0.29) is 0 Å². The van der Waals surface area contributed by atoms with Gasteiger partial charge in [0.25, 0.3) is 0 Å². The van der Waals surface area contributed by atoms with Crippen molar-refractivity contribution in [3.63, 3.8) is 0 Å². The number of hydrogen-bond acceptors (Lipinski definition) is 4. The minimum absolute atomic E-state index is 0.313. The summed E-state index contributed by atoms with van der Waals surface area (Å²) in [5.74, 6) is 0.879. The second-order valence-corrected chi connectivity index (χ2v) is 7.23. The number of rotatable bonds is 4. The smallest absolute Gasteiger partial charge is 0.124 e. The van der Waals surface area contributed by atoms with Crippen molar-refractivity contribution < 1.29 is 5.11 Å². The van der Waals surface area contributed by atoms with Gasteiger partial charge in [0.1, 0.15) is 10.8 Å². The summed E-state index contributed by atoms with van der Waals surface area (Å²) >= 11 is 1.80. The molecule has 1 saturated carbocycles. The first-order valence-corrected chi connectivity index (χ1v) is 8.63. The van der Waals surface area contributed by atoms with E-state index in [1.54, 1.807) is 17.4 Å². The van der Waals surface area contributed by atoms with Crippen molar-refractivity contribution in [1.29, 1.82) is 0 Å². The Morgan fingerprint density at radius 2 is 2.19 bits per heavy atom. The molecule has 1 fully saturated rings. The molecule has 1 heterocycles. The van der Waals surface area contributed by atoms with Crippen molar-refractivity contribution in [3.05, 3.63) is 34.8 Å². The Kier molecular flexibility index (Phi) is 3.43. The van der Waals surface area contributed by atoms with Crippen LogP contribution >= 0.6 is 11.3 Å². The highest BCUT2D eigenvalue weighted by molar-refractivity contribution is 7.15. The molecule has 21 heavy (non-hydrogen) atoms. The zero-order chi connectivity index (χ0) is 14.2. The molecular formula is C17H20N2OS. The number of phenols is 1. The molecule has 2 aliphatic carbocycles. The van der Waals surface area contributed by atoms with Crippen molar-refractivity contribution in [3.8, 4) is 16.3 Å². The van der Waals surface area contributed by atoms with E-state index in [0.29, 0.717) is 11.7 Å². The molecule has 0 spiro atoms. The van der Waals surface area contributed by atoms with E-state index in [0.717, 1.165) is 29.6 Å². The minimum Gasteiger partial charge on any atom is -0.508 e. The second kappa shape index (κ2) is 5.43. The molecule has 1 atom stereocenters. The van der Waals surface area contributed by atoms with Crippen molar-refractivity contribution in [2.75, 3.05) is 6.54 Å². The number of aryl methyl sites for hydroxylation is 1. The SMILES string of the molecule is Oc1cccc(-c2nc3c(s2)CCCC3CNC2CC2)c1. The molecule has 4 rings (SSSR count). The highest BCUT2D eigenvalue weighted by atomic mass is 32.1. The van der Waals surface area contributed by atoms with E-state index in [1.807, 2.05) is 18.2 Å². The first-order valence-electron chi connectivity index (χ1n) is 7.82. The average molecular weight is 300 g/mol. The first kappa shape index (κ1) is 13.3. The maximum absolute atomic E-state index is 9.65. The third kappa shape index (κ3) is 2.83. The zero-order valence-electron chi connectivity index (χ0n) is 12.0. The molecule has 0 bridgehead atoms. The van der Waals surface area contributed by atoms with Crippen LogP contribution < -0.4 is 5.32 Å². The summed E-state index contributed by atoms with van der Waals surface area (Å²) in [7, 11) is 0. The van der Waals surface area contributed by atoms with Crippen molar-refractivity contribution in [2.24, 2.45) is 0 Å². The van der Waals surface area contributed by atoms with Gasteiger partial charge in [-0.15, -0.1) is 11.3 Å². The van der Waals surface area contributed by atoms with Gasteiger partial charge in [-0.2, -0.15) is 0 Å². The molecule has 110 valence electrons. The summed E-state index contributed by atoms with van der Waals surface area (Å²) < 4.78 is 0. The maximum Gasteiger partial charge on any atom is 0.124 e. The summed E-state index contributed by atoms with van der Waals surface area (Å²) in [6.07, 6.45) is 6.35. The summed E-state index contributed by atoms with van der Waals surface area (Å²) in [6.45, 7) is 1.07. The number of benzene rings is 1. The third-order valence-corrected chi connectivity index (χ3v) is 5.57. The van der Waals surface area contributed by atoms with Crippen LogP contribution in [0.5, 0.6) is 5.75 Å². The number of aromatic hydroxyl groups is 1. The van der Waals surface area contributed by atoms with Crippen LogP contribution in [-0.4, -0.2) is 22.7 Å². The number of fused-ring (bicyclic) bond motifs is 1. The van der Waals surface area contributed by atoms with Crippen LogP contribution in [0.2, 0.25) is 0 Å². The number of phenolic OH excluding ortho intramolecular Hbond substituents is 1. The molecule has 3 nitrogen and oxygen atoms in total. The lowest BCUT2D eigenvalue weighted by molar-refractivity contribution is 0.475. The summed E-state index contributed by atoms with van der Waals surface area (Å²) in [6, 6.07) is 8.19. The Hall–Kier alpha value is -1.39. The van der Waals surface area contributed by atoms with Gasteiger partial charge in [-0.3, -0.25) is 0 Å². The van der Waals surface area contributed by atoms with Crippen LogP contribution in [-0.2, 0) is 6.42 Å². The zero-order valence-corrected chi connectivity index (χ0v) is 12.8. The first-order chi connectivity index (χ1) is 10.3. The third-order valence-electron chi connectivity index (χ3n) is 4.39. The molecule has 2 N–H and O–H groups in total. The van der Waals surface area contributed by atoms with Crippen LogP contribution in [0.15, 0.2) is 24.3 Å². The fourth-order valence-corrected chi connectivity index (χ4v) is 4.25. The normalized spacial score (nSPS) is 21.2. The number of nitrogens with zero attached hydrogens (tertiary/aromatic N) is 1.